The molecule has 1 saturated heterocycles. The molecule has 5 nitrogen and oxygen atoms in total. The highest BCUT2D eigenvalue weighted by molar-refractivity contribution is 9.10. The zero-order valence-electron chi connectivity index (χ0n) is 8.88. The van der Waals surface area contributed by atoms with E-state index in [2.05, 4.69) is 26.1 Å². The SMILES string of the molecule is O=S1(=O)CCC(c2nnc3cc(Br)ccn23)C1. The van der Waals surface area contributed by atoms with Crippen molar-refractivity contribution in [3.63, 3.8) is 0 Å². The van der Waals surface area contributed by atoms with Crippen LogP contribution in [0.2, 0.25) is 0 Å². The van der Waals surface area contributed by atoms with E-state index in [-0.39, 0.29) is 17.4 Å². The van der Waals surface area contributed by atoms with Crippen molar-refractivity contribution in [3.05, 3.63) is 28.6 Å². The third kappa shape index (κ3) is 1.97. The molecule has 1 aliphatic rings. The molecule has 1 atom stereocenters. The molecule has 3 rings (SSSR count). The second-order valence-electron chi connectivity index (χ2n) is 4.23. The van der Waals surface area contributed by atoms with Crippen molar-refractivity contribution >= 4 is 31.4 Å². The summed E-state index contributed by atoms with van der Waals surface area (Å²) in [6.07, 6.45) is 2.50. The van der Waals surface area contributed by atoms with Gasteiger partial charge >= 0.3 is 0 Å². The molecule has 0 bridgehead atoms. The van der Waals surface area contributed by atoms with E-state index in [9.17, 15) is 8.42 Å². The van der Waals surface area contributed by atoms with Crippen LogP contribution in [-0.4, -0.2) is 34.5 Å². The second-order valence-corrected chi connectivity index (χ2v) is 7.38. The molecule has 0 N–H and O–H groups in total. The van der Waals surface area contributed by atoms with Crippen LogP contribution in [0, 0.1) is 0 Å². The Kier molecular flexibility index (Phi) is 2.48. The van der Waals surface area contributed by atoms with Crippen LogP contribution in [0.5, 0.6) is 0 Å². The van der Waals surface area contributed by atoms with Gasteiger partial charge in [0.05, 0.1) is 11.5 Å². The Morgan fingerprint density at radius 1 is 1.41 bits per heavy atom. The Balaban J connectivity index is 2.07. The van der Waals surface area contributed by atoms with Gasteiger partial charge in [-0.25, -0.2) is 8.42 Å². The number of rotatable bonds is 1. The summed E-state index contributed by atoms with van der Waals surface area (Å²) >= 11 is 3.37. The first-order valence-electron chi connectivity index (χ1n) is 5.26. The average Bonchev–Trinajstić information content (AvgIpc) is 2.80. The summed E-state index contributed by atoms with van der Waals surface area (Å²) in [6, 6.07) is 3.75. The van der Waals surface area contributed by atoms with Crippen LogP contribution in [0.25, 0.3) is 5.65 Å². The highest BCUT2D eigenvalue weighted by atomic mass is 79.9. The van der Waals surface area contributed by atoms with Crippen LogP contribution in [0.4, 0.5) is 0 Å². The van der Waals surface area contributed by atoms with E-state index in [4.69, 9.17) is 0 Å². The summed E-state index contributed by atoms with van der Waals surface area (Å²) in [5.74, 6) is 1.15. The molecule has 2 aromatic rings. The maximum Gasteiger partial charge on any atom is 0.161 e. The van der Waals surface area contributed by atoms with Crippen molar-refractivity contribution in [2.45, 2.75) is 12.3 Å². The van der Waals surface area contributed by atoms with Crippen molar-refractivity contribution in [1.82, 2.24) is 14.6 Å². The predicted octanol–water partition coefficient (Wildman–Crippen LogP) is 1.39. The molecule has 0 aliphatic carbocycles. The van der Waals surface area contributed by atoms with Gasteiger partial charge in [0, 0.05) is 16.6 Å². The molecule has 0 spiro atoms. The fourth-order valence-electron chi connectivity index (χ4n) is 2.16. The maximum atomic E-state index is 11.5. The third-order valence-corrected chi connectivity index (χ3v) is 5.26. The van der Waals surface area contributed by atoms with E-state index in [1.165, 1.54) is 0 Å². The lowest BCUT2D eigenvalue weighted by molar-refractivity contribution is 0.601. The molecule has 0 aromatic carbocycles. The second kappa shape index (κ2) is 3.78. The molecule has 1 unspecified atom stereocenters. The predicted molar refractivity (Wildman–Crippen MR) is 66.7 cm³/mol. The first-order valence-corrected chi connectivity index (χ1v) is 7.87. The largest absolute Gasteiger partial charge is 0.286 e. The first-order chi connectivity index (χ1) is 8.05. The van der Waals surface area contributed by atoms with Crippen LogP contribution in [0.1, 0.15) is 18.2 Å². The monoisotopic (exact) mass is 315 g/mol. The minimum Gasteiger partial charge on any atom is -0.286 e. The van der Waals surface area contributed by atoms with E-state index >= 15 is 0 Å². The fraction of sp³-hybridized carbons (Fsp3) is 0.400. The molecule has 90 valence electrons. The van der Waals surface area contributed by atoms with Crippen molar-refractivity contribution in [2.75, 3.05) is 11.5 Å². The molecular formula is C10H10BrN3O2S. The van der Waals surface area contributed by atoms with Crippen molar-refractivity contribution in [2.24, 2.45) is 0 Å². The molecule has 3 heterocycles. The van der Waals surface area contributed by atoms with Gasteiger partial charge in [-0.15, -0.1) is 10.2 Å². The number of nitrogens with zero attached hydrogens (tertiary/aromatic N) is 3. The van der Waals surface area contributed by atoms with Crippen molar-refractivity contribution in [3.8, 4) is 0 Å². The minimum absolute atomic E-state index is 0.0313. The van der Waals surface area contributed by atoms with Gasteiger partial charge in [-0.2, -0.15) is 0 Å². The highest BCUT2D eigenvalue weighted by Crippen LogP contribution is 2.28. The van der Waals surface area contributed by atoms with Crippen LogP contribution < -0.4 is 0 Å². The Labute approximate surface area is 107 Å². The zero-order chi connectivity index (χ0) is 12.0. The standard InChI is InChI=1S/C10H10BrN3O2S/c11-8-1-3-14-9(5-8)12-13-10(14)7-2-4-17(15,16)6-7/h1,3,5,7H,2,4,6H2. The Hall–Kier alpha value is -0.950. The molecule has 2 aromatic heterocycles. The first kappa shape index (κ1) is 11.2. The maximum absolute atomic E-state index is 11.5. The van der Waals surface area contributed by atoms with Crippen LogP contribution in [0.3, 0.4) is 0 Å². The number of halogens is 1. The quantitative estimate of drug-likeness (QED) is 0.798. The van der Waals surface area contributed by atoms with Gasteiger partial charge in [0.2, 0.25) is 0 Å². The minimum atomic E-state index is -2.89. The smallest absolute Gasteiger partial charge is 0.161 e. The lowest BCUT2D eigenvalue weighted by Gasteiger charge is -2.04. The van der Waals surface area contributed by atoms with E-state index in [0.29, 0.717) is 6.42 Å². The zero-order valence-corrected chi connectivity index (χ0v) is 11.3. The Morgan fingerprint density at radius 3 is 2.94 bits per heavy atom. The van der Waals surface area contributed by atoms with E-state index in [1.54, 1.807) is 0 Å². The lowest BCUT2D eigenvalue weighted by atomic mass is 10.1. The van der Waals surface area contributed by atoms with Gasteiger partial charge in [0.15, 0.2) is 15.5 Å². The van der Waals surface area contributed by atoms with Crippen LogP contribution >= 0.6 is 15.9 Å². The summed E-state index contributed by atoms with van der Waals surface area (Å²) < 4.78 is 25.7. The van der Waals surface area contributed by atoms with E-state index < -0.39 is 9.84 Å². The number of sulfone groups is 1. The Bertz CT molecular complexity index is 680. The summed E-state index contributed by atoms with van der Waals surface area (Å²) in [6.45, 7) is 0. The molecule has 0 radical (unpaired) electrons. The number of pyridine rings is 1. The molecule has 17 heavy (non-hydrogen) atoms. The lowest BCUT2D eigenvalue weighted by Crippen LogP contribution is -2.07. The summed E-state index contributed by atoms with van der Waals surface area (Å²) in [5, 5.41) is 8.17. The van der Waals surface area contributed by atoms with Crippen LogP contribution in [0.15, 0.2) is 22.8 Å². The molecule has 0 amide bonds. The van der Waals surface area contributed by atoms with Gasteiger partial charge in [-0.1, -0.05) is 15.9 Å². The summed E-state index contributed by atoms with van der Waals surface area (Å²) in [7, 11) is -2.89. The van der Waals surface area contributed by atoms with Gasteiger partial charge in [0.25, 0.3) is 0 Å². The van der Waals surface area contributed by atoms with Gasteiger partial charge in [-0.3, -0.25) is 4.40 Å². The number of hydrogen-bond acceptors (Lipinski definition) is 4. The summed E-state index contributed by atoms with van der Waals surface area (Å²) in [5.41, 5.74) is 0.735. The molecule has 1 aliphatic heterocycles. The van der Waals surface area contributed by atoms with E-state index in [0.717, 1.165) is 15.9 Å². The molecule has 7 heteroatoms. The fourth-order valence-corrected chi connectivity index (χ4v) is 4.22. The summed E-state index contributed by atoms with van der Waals surface area (Å²) in [4.78, 5) is 0. The highest BCUT2D eigenvalue weighted by Gasteiger charge is 2.32. The normalized spacial score (nSPS) is 23.2. The van der Waals surface area contributed by atoms with Gasteiger partial charge in [0.1, 0.15) is 5.82 Å². The number of aromatic nitrogens is 3. The van der Waals surface area contributed by atoms with Crippen molar-refractivity contribution < 1.29 is 8.42 Å². The third-order valence-electron chi connectivity index (χ3n) is 3.00. The topological polar surface area (TPSA) is 64.3 Å². The molecule has 1 fully saturated rings. The molecular weight excluding hydrogens is 306 g/mol. The van der Waals surface area contributed by atoms with Crippen LogP contribution in [-0.2, 0) is 9.84 Å². The number of fused-ring (bicyclic) bond motifs is 1. The average molecular weight is 316 g/mol. The Morgan fingerprint density at radius 2 is 2.24 bits per heavy atom. The van der Waals surface area contributed by atoms with E-state index in [1.807, 2.05) is 22.7 Å². The van der Waals surface area contributed by atoms with Gasteiger partial charge in [-0.05, 0) is 18.6 Å². The van der Waals surface area contributed by atoms with Crippen molar-refractivity contribution in [1.29, 1.82) is 0 Å². The number of hydrogen-bond donors (Lipinski definition) is 0. The molecule has 0 saturated carbocycles. The van der Waals surface area contributed by atoms with Gasteiger partial charge < -0.3 is 0 Å².